The van der Waals surface area contributed by atoms with Crippen molar-refractivity contribution in [2.75, 3.05) is 0 Å². The van der Waals surface area contributed by atoms with Gasteiger partial charge in [-0.2, -0.15) is 0 Å². The minimum Gasteiger partial charge on any atom is -0.345 e. The highest BCUT2D eigenvalue weighted by molar-refractivity contribution is 9.10. The molecule has 4 nitrogen and oxygen atoms in total. The van der Waals surface area contributed by atoms with E-state index in [4.69, 9.17) is 11.6 Å². The third-order valence-electron chi connectivity index (χ3n) is 5.19. The molecule has 1 saturated carbocycles. The number of pyridine rings is 1. The molecule has 0 spiro atoms. The van der Waals surface area contributed by atoms with Gasteiger partial charge in [0, 0.05) is 17.3 Å². The van der Waals surface area contributed by atoms with Crippen molar-refractivity contribution in [1.29, 1.82) is 0 Å². The lowest BCUT2D eigenvalue weighted by Gasteiger charge is -2.22. The quantitative estimate of drug-likeness (QED) is 0.658. The van der Waals surface area contributed by atoms with E-state index >= 15 is 0 Å². The summed E-state index contributed by atoms with van der Waals surface area (Å²) in [5, 5.41) is 3.89. The van der Waals surface area contributed by atoms with Crippen molar-refractivity contribution in [2.45, 2.75) is 52.6 Å². The lowest BCUT2D eigenvalue weighted by molar-refractivity contribution is 0.0929. The Morgan fingerprint density at radius 3 is 2.48 bits per heavy atom. The van der Waals surface area contributed by atoms with Crippen LogP contribution in [0.25, 0.3) is 0 Å². The maximum Gasteiger partial charge on any atom is 0.265 e. The summed E-state index contributed by atoms with van der Waals surface area (Å²) in [7, 11) is 0. The van der Waals surface area contributed by atoms with Crippen LogP contribution in [0.1, 0.15) is 59.4 Å². The number of nitrogens with one attached hydrogen (secondary N) is 1. The number of aromatic nitrogens is 1. The van der Waals surface area contributed by atoms with Gasteiger partial charge in [-0.15, -0.1) is 0 Å². The maximum absolute atomic E-state index is 13.2. The predicted molar refractivity (Wildman–Crippen MR) is 113 cm³/mol. The Bertz CT molecular complexity index is 917. The fourth-order valence-corrected chi connectivity index (χ4v) is 4.10. The minimum atomic E-state index is -0.137. The highest BCUT2D eigenvalue weighted by Crippen LogP contribution is 2.41. The van der Waals surface area contributed by atoms with E-state index in [9.17, 15) is 9.59 Å². The van der Waals surface area contributed by atoms with Crippen LogP contribution in [0, 0.1) is 19.8 Å². The van der Waals surface area contributed by atoms with Gasteiger partial charge in [0.15, 0.2) is 0 Å². The zero-order chi connectivity index (χ0) is 19.7. The molecule has 1 amide bonds. The fraction of sp³-hybridized carbons (Fsp3) is 0.429. The number of amides is 1. The first-order chi connectivity index (χ1) is 12.8. The van der Waals surface area contributed by atoms with Crippen LogP contribution in [0.15, 0.2) is 33.5 Å². The number of hydrogen-bond donors (Lipinski definition) is 1. The van der Waals surface area contributed by atoms with Crippen LogP contribution >= 0.6 is 27.5 Å². The molecule has 0 radical (unpaired) electrons. The van der Waals surface area contributed by atoms with Gasteiger partial charge in [-0.05, 0) is 78.2 Å². The first-order valence-corrected chi connectivity index (χ1v) is 10.5. The molecule has 6 heteroatoms. The number of hydrogen-bond acceptors (Lipinski definition) is 2. The monoisotopic (exact) mass is 450 g/mol. The molecule has 0 bridgehead atoms. The summed E-state index contributed by atoms with van der Waals surface area (Å²) in [5.74, 6) is 0.308. The number of benzene rings is 1. The summed E-state index contributed by atoms with van der Waals surface area (Å²) < 4.78 is 2.14. The first kappa shape index (κ1) is 20.2. The number of nitrogens with zero attached hydrogens (tertiary/aromatic N) is 1. The molecule has 1 unspecified atom stereocenters. The van der Waals surface area contributed by atoms with E-state index in [1.165, 1.54) is 0 Å². The second kappa shape index (κ2) is 8.19. The molecule has 1 aliphatic carbocycles. The molecular formula is C21H24BrClN2O2. The van der Waals surface area contributed by atoms with Gasteiger partial charge in [0.2, 0.25) is 0 Å². The molecule has 1 aliphatic rings. The molecule has 1 atom stereocenters. The van der Waals surface area contributed by atoms with E-state index < -0.39 is 0 Å². The van der Waals surface area contributed by atoms with Gasteiger partial charge in [-0.3, -0.25) is 9.59 Å². The largest absolute Gasteiger partial charge is 0.345 e. The Hall–Kier alpha value is -1.59. The molecule has 3 rings (SSSR count). The molecule has 1 fully saturated rings. The Morgan fingerprint density at radius 1 is 1.30 bits per heavy atom. The van der Waals surface area contributed by atoms with Crippen LogP contribution in [-0.2, 0) is 6.54 Å². The van der Waals surface area contributed by atoms with Crippen molar-refractivity contribution in [3.05, 3.63) is 66.5 Å². The van der Waals surface area contributed by atoms with E-state index in [0.717, 1.165) is 24.8 Å². The van der Waals surface area contributed by atoms with E-state index in [0.29, 0.717) is 38.8 Å². The SMILES string of the molecule is CCCn1c(C)c(C(=O)NC(c2ccc(Cl)cc2)C2CC2)c(C)c(Br)c1=O. The molecule has 27 heavy (non-hydrogen) atoms. The van der Waals surface area contributed by atoms with E-state index in [2.05, 4.69) is 21.2 Å². The Balaban J connectivity index is 1.97. The Morgan fingerprint density at radius 2 is 1.93 bits per heavy atom. The third-order valence-corrected chi connectivity index (χ3v) is 6.37. The van der Waals surface area contributed by atoms with Crippen LogP contribution in [-0.4, -0.2) is 10.5 Å². The summed E-state index contributed by atoms with van der Waals surface area (Å²) in [6, 6.07) is 7.61. The van der Waals surface area contributed by atoms with Crippen molar-refractivity contribution in [3.8, 4) is 0 Å². The summed E-state index contributed by atoms with van der Waals surface area (Å²) in [5.41, 5.74) is 2.96. The minimum absolute atomic E-state index is 0.0427. The summed E-state index contributed by atoms with van der Waals surface area (Å²) in [4.78, 5) is 25.8. The second-order valence-corrected chi connectivity index (χ2v) is 8.43. The summed E-state index contributed by atoms with van der Waals surface area (Å²) in [6.45, 7) is 6.27. The standard InChI is InChI=1S/C21H24BrClN2O2/c1-4-11-25-13(3)17(12(2)18(22)21(25)27)20(26)24-19(14-5-6-14)15-7-9-16(23)10-8-15/h7-10,14,19H,4-6,11H2,1-3H3,(H,24,26). The molecule has 1 N–H and O–H groups in total. The third kappa shape index (κ3) is 4.14. The van der Waals surface area contributed by atoms with Crippen molar-refractivity contribution >= 4 is 33.4 Å². The van der Waals surface area contributed by atoms with Gasteiger partial charge in [0.05, 0.1) is 16.1 Å². The van der Waals surface area contributed by atoms with E-state index in [-0.39, 0.29) is 17.5 Å². The van der Waals surface area contributed by atoms with Crippen LogP contribution in [0.3, 0.4) is 0 Å². The van der Waals surface area contributed by atoms with E-state index in [1.807, 2.05) is 45.0 Å². The topological polar surface area (TPSA) is 51.1 Å². The maximum atomic E-state index is 13.2. The van der Waals surface area contributed by atoms with Gasteiger partial charge in [-0.1, -0.05) is 30.7 Å². The van der Waals surface area contributed by atoms with Crippen molar-refractivity contribution in [1.82, 2.24) is 9.88 Å². The van der Waals surface area contributed by atoms with Gasteiger partial charge in [0.1, 0.15) is 0 Å². The van der Waals surface area contributed by atoms with E-state index in [1.54, 1.807) is 4.57 Å². The Labute approximate surface area is 173 Å². The molecule has 1 heterocycles. The molecule has 0 aliphatic heterocycles. The highest BCUT2D eigenvalue weighted by Gasteiger charge is 2.34. The van der Waals surface area contributed by atoms with Crippen LogP contribution in [0.4, 0.5) is 0 Å². The van der Waals surface area contributed by atoms with Gasteiger partial charge < -0.3 is 9.88 Å². The number of rotatable bonds is 6. The van der Waals surface area contributed by atoms with Gasteiger partial charge in [0.25, 0.3) is 11.5 Å². The summed E-state index contributed by atoms with van der Waals surface area (Å²) >= 11 is 9.39. The zero-order valence-corrected chi connectivity index (χ0v) is 18.2. The average Bonchev–Trinajstić information content (AvgIpc) is 3.47. The second-order valence-electron chi connectivity index (χ2n) is 7.20. The average molecular weight is 452 g/mol. The van der Waals surface area contributed by atoms with Crippen LogP contribution in [0.2, 0.25) is 5.02 Å². The van der Waals surface area contributed by atoms with Crippen LogP contribution < -0.4 is 10.9 Å². The predicted octanol–water partition coefficient (Wildman–Crippen LogP) is 5.17. The molecule has 2 aromatic rings. The molecule has 144 valence electrons. The Kier molecular flexibility index (Phi) is 6.11. The van der Waals surface area contributed by atoms with Gasteiger partial charge in [-0.25, -0.2) is 0 Å². The molecule has 1 aromatic carbocycles. The lowest BCUT2D eigenvalue weighted by atomic mass is 10.0. The molecule has 0 saturated heterocycles. The summed E-state index contributed by atoms with van der Waals surface area (Å²) in [6.07, 6.45) is 3.03. The first-order valence-electron chi connectivity index (χ1n) is 9.31. The number of halogens is 2. The highest BCUT2D eigenvalue weighted by atomic mass is 79.9. The van der Waals surface area contributed by atoms with Crippen molar-refractivity contribution in [3.63, 3.8) is 0 Å². The van der Waals surface area contributed by atoms with Crippen molar-refractivity contribution < 1.29 is 4.79 Å². The smallest absolute Gasteiger partial charge is 0.265 e. The number of carbonyl (C=O) groups excluding carboxylic acids is 1. The number of carbonyl (C=O) groups is 1. The normalized spacial score (nSPS) is 14.9. The molecular weight excluding hydrogens is 428 g/mol. The fourth-order valence-electron chi connectivity index (χ4n) is 3.56. The van der Waals surface area contributed by atoms with Gasteiger partial charge >= 0.3 is 0 Å². The zero-order valence-electron chi connectivity index (χ0n) is 15.8. The van der Waals surface area contributed by atoms with Crippen LogP contribution in [0.5, 0.6) is 0 Å². The lowest BCUT2D eigenvalue weighted by Crippen LogP contribution is -2.34. The molecule has 1 aromatic heterocycles. The van der Waals surface area contributed by atoms with Crippen molar-refractivity contribution in [2.24, 2.45) is 5.92 Å².